The van der Waals surface area contributed by atoms with E-state index < -0.39 is 5.54 Å². The highest BCUT2D eigenvalue weighted by molar-refractivity contribution is 7.11. The van der Waals surface area contributed by atoms with Gasteiger partial charge in [0, 0.05) is 11.1 Å². The van der Waals surface area contributed by atoms with Gasteiger partial charge < -0.3 is 11.1 Å². The second-order valence-corrected chi connectivity index (χ2v) is 5.21. The molecule has 0 aromatic carbocycles. The number of thiazole rings is 1. The monoisotopic (exact) mass is 241 g/mol. The number of aryl methyl sites for hydroxylation is 1. The van der Waals surface area contributed by atoms with Crippen LogP contribution in [0.25, 0.3) is 0 Å². The van der Waals surface area contributed by atoms with Crippen molar-refractivity contribution < 1.29 is 4.79 Å². The minimum atomic E-state index is -0.736. The molecule has 1 aromatic rings. The van der Waals surface area contributed by atoms with Crippen LogP contribution in [0.2, 0.25) is 0 Å². The van der Waals surface area contributed by atoms with Crippen molar-refractivity contribution >= 4 is 17.2 Å². The zero-order valence-electron chi connectivity index (χ0n) is 10.0. The molecule has 1 heterocycles. The number of amides is 1. The van der Waals surface area contributed by atoms with E-state index in [1.807, 2.05) is 20.8 Å². The summed E-state index contributed by atoms with van der Waals surface area (Å²) in [4.78, 5) is 17.0. The molecule has 0 saturated heterocycles. The van der Waals surface area contributed by atoms with Gasteiger partial charge in [0.15, 0.2) is 0 Å². The Morgan fingerprint density at radius 1 is 1.56 bits per heavy atom. The summed E-state index contributed by atoms with van der Waals surface area (Å²) >= 11 is 1.59. The van der Waals surface area contributed by atoms with Crippen LogP contribution in [-0.2, 0) is 11.3 Å². The molecule has 1 rings (SSSR count). The van der Waals surface area contributed by atoms with Crippen LogP contribution in [0.1, 0.15) is 36.6 Å². The highest BCUT2D eigenvalue weighted by Gasteiger charge is 2.29. The quantitative estimate of drug-likeness (QED) is 0.822. The zero-order chi connectivity index (χ0) is 12.2. The van der Waals surface area contributed by atoms with Gasteiger partial charge >= 0.3 is 0 Å². The summed E-state index contributed by atoms with van der Waals surface area (Å²) in [5, 5.41) is 3.87. The lowest BCUT2D eigenvalue weighted by atomic mass is 9.93. The number of nitrogens with two attached hydrogens (primary N) is 1. The van der Waals surface area contributed by atoms with Gasteiger partial charge in [0.1, 0.15) is 0 Å². The minimum absolute atomic E-state index is 0.0800. The maximum Gasteiger partial charge on any atom is 0.240 e. The number of hydrogen-bond acceptors (Lipinski definition) is 4. The standard InChI is InChI=1S/C11H19N3OS/c1-4-11(12,5-2)10(15)14-7-9-6-13-8(3)16-9/h6H,4-5,7,12H2,1-3H3,(H,14,15). The second kappa shape index (κ2) is 5.41. The molecule has 0 spiro atoms. The summed E-state index contributed by atoms with van der Waals surface area (Å²) in [7, 11) is 0. The van der Waals surface area contributed by atoms with Crippen LogP contribution < -0.4 is 11.1 Å². The van der Waals surface area contributed by atoms with Crippen LogP contribution in [0.5, 0.6) is 0 Å². The van der Waals surface area contributed by atoms with E-state index in [0.717, 1.165) is 9.88 Å². The summed E-state index contributed by atoms with van der Waals surface area (Å²) < 4.78 is 0. The van der Waals surface area contributed by atoms with Crippen molar-refractivity contribution in [2.45, 2.75) is 45.7 Å². The molecule has 0 atom stereocenters. The summed E-state index contributed by atoms with van der Waals surface area (Å²) in [6.45, 7) is 6.32. The summed E-state index contributed by atoms with van der Waals surface area (Å²) in [5.74, 6) is -0.0800. The third kappa shape index (κ3) is 3.02. The Bertz CT molecular complexity index is 358. The van der Waals surface area contributed by atoms with E-state index in [9.17, 15) is 4.79 Å². The summed E-state index contributed by atoms with van der Waals surface area (Å²) in [5.41, 5.74) is 5.25. The Morgan fingerprint density at radius 3 is 2.62 bits per heavy atom. The van der Waals surface area contributed by atoms with Crippen LogP contribution in [0, 0.1) is 6.92 Å². The third-order valence-electron chi connectivity index (χ3n) is 2.81. The van der Waals surface area contributed by atoms with Crippen molar-refractivity contribution in [3.63, 3.8) is 0 Å². The van der Waals surface area contributed by atoms with Gasteiger partial charge in [0.25, 0.3) is 0 Å². The molecule has 0 aliphatic rings. The van der Waals surface area contributed by atoms with Gasteiger partial charge in [0.05, 0.1) is 17.1 Å². The van der Waals surface area contributed by atoms with Crippen LogP contribution >= 0.6 is 11.3 Å². The van der Waals surface area contributed by atoms with Gasteiger partial charge in [-0.3, -0.25) is 4.79 Å². The van der Waals surface area contributed by atoms with Crippen LogP contribution in [0.4, 0.5) is 0 Å². The first-order valence-electron chi connectivity index (χ1n) is 5.50. The van der Waals surface area contributed by atoms with Gasteiger partial charge in [-0.1, -0.05) is 13.8 Å². The Morgan fingerprint density at radius 2 is 2.19 bits per heavy atom. The highest BCUT2D eigenvalue weighted by Crippen LogP contribution is 2.14. The smallest absolute Gasteiger partial charge is 0.240 e. The molecule has 0 radical (unpaired) electrons. The highest BCUT2D eigenvalue weighted by atomic mass is 32.1. The number of rotatable bonds is 5. The largest absolute Gasteiger partial charge is 0.350 e. The number of nitrogens with zero attached hydrogens (tertiary/aromatic N) is 1. The van der Waals surface area contributed by atoms with Crippen LogP contribution in [0.15, 0.2) is 6.20 Å². The molecule has 0 unspecified atom stereocenters. The first kappa shape index (κ1) is 13.1. The Labute approximate surface area is 100 Å². The van der Waals surface area contributed by atoms with Crippen LogP contribution in [-0.4, -0.2) is 16.4 Å². The fourth-order valence-electron chi connectivity index (χ4n) is 1.40. The topological polar surface area (TPSA) is 68.0 Å². The van der Waals surface area contributed by atoms with Gasteiger partial charge in [-0.25, -0.2) is 4.98 Å². The van der Waals surface area contributed by atoms with E-state index in [1.54, 1.807) is 17.5 Å². The van der Waals surface area contributed by atoms with Crippen molar-refractivity contribution in [3.05, 3.63) is 16.1 Å². The fraction of sp³-hybridized carbons (Fsp3) is 0.636. The lowest BCUT2D eigenvalue weighted by Crippen LogP contribution is -2.52. The van der Waals surface area contributed by atoms with Gasteiger partial charge in [-0.05, 0) is 19.8 Å². The lowest BCUT2D eigenvalue weighted by Gasteiger charge is -2.24. The molecule has 0 bridgehead atoms. The Balaban J connectivity index is 2.52. The van der Waals surface area contributed by atoms with Crippen molar-refractivity contribution in [1.82, 2.24) is 10.3 Å². The first-order chi connectivity index (χ1) is 7.51. The molecule has 0 saturated carbocycles. The van der Waals surface area contributed by atoms with Gasteiger partial charge in [-0.15, -0.1) is 11.3 Å². The second-order valence-electron chi connectivity index (χ2n) is 3.89. The predicted molar refractivity (Wildman–Crippen MR) is 66.2 cm³/mol. The number of carbonyl (C=O) groups excluding carboxylic acids is 1. The maximum atomic E-state index is 11.9. The fourth-order valence-corrected chi connectivity index (χ4v) is 2.14. The Hall–Kier alpha value is -0.940. The van der Waals surface area contributed by atoms with Crippen molar-refractivity contribution in [2.75, 3.05) is 0 Å². The van der Waals surface area contributed by atoms with E-state index in [-0.39, 0.29) is 5.91 Å². The predicted octanol–water partition coefficient (Wildman–Crippen LogP) is 1.59. The number of nitrogens with one attached hydrogen (secondary N) is 1. The molecule has 90 valence electrons. The SMILES string of the molecule is CCC(N)(CC)C(=O)NCc1cnc(C)s1. The summed E-state index contributed by atoms with van der Waals surface area (Å²) in [6, 6.07) is 0. The molecule has 1 aromatic heterocycles. The van der Waals surface area contributed by atoms with E-state index in [1.165, 1.54) is 0 Å². The van der Waals surface area contributed by atoms with Gasteiger partial charge in [-0.2, -0.15) is 0 Å². The average molecular weight is 241 g/mol. The minimum Gasteiger partial charge on any atom is -0.350 e. The van der Waals surface area contributed by atoms with E-state index in [0.29, 0.717) is 19.4 Å². The normalized spacial score (nSPS) is 11.5. The van der Waals surface area contributed by atoms with E-state index >= 15 is 0 Å². The van der Waals surface area contributed by atoms with E-state index in [2.05, 4.69) is 10.3 Å². The first-order valence-corrected chi connectivity index (χ1v) is 6.32. The number of carbonyl (C=O) groups is 1. The molecule has 1 amide bonds. The molecule has 0 fully saturated rings. The summed E-state index contributed by atoms with van der Waals surface area (Å²) in [6.07, 6.45) is 3.09. The molecule has 0 aliphatic heterocycles. The Kier molecular flexibility index (Phi) is 4.44. The molecule has 0 aliphatic carbocycles. The molecular weight excluding hydrogens is 222 g/mol. The molecule has 5 heteroatoms. The average Bonchev–Trinajstić information content (AvgIpc) is 2.70. The molecule has 4 nitrogen and oxygen atoms in total. The van der Waals surface area contributed by atoms with Crippen molar-refractivity contribution in [1.29, 1.82) is 0 Å². The van der Waals surface area contributed by atoms with Crippen LogP contribution in [0.3, 0.4) is 0 Å². The number of hydrogen-bond donors (Lipinski definition) is 2. The molecular formula is C11H19N3OS. The molecule has 3 N–H and O–H groups in total. The lowest BCUT2D eigenvalue weighted by molar-refractivity contribution is -0.126. The van der Waals surface area contributed by atoms with Crippen molar-refractivity contribution in [2.24, 2.45) is 5.73 Å². The molecule has 16 heavy (non-hydrogen) atoms. The van der Waals surface area contributed by atoms with Gasteiger partial charge in [0.2, 0.25) is 5.91 Å². The van der Waals surface area contributed by atoms with Crippen molar-refractivity contribution in [3.8, 4) is 0 Å². The van der Waals surface area contributed by atoms with E-state index in [4.69, 9.17) is 5.73 Å². The maximum absolute atomic E-state index is 11.9. The zero-order valence-corrected chi connectivity index (χ0v) is 10.9. The third-order valence-corrected chi connectivity index (χ3v) is 3.72. The number of aromatic nitrogens is 1.